The molecule has 0 saturated heterocycles. The third-order valence-electron chi connectivity index (χ3n) is 17.9. The van der Waals surface area contributed by atoms with E-state index in [1.54, 1.807) is 56.4 Å². The van der Waals surface area contributed by atoms with Gasteiger partial charge in [0.2, 0.25) is 0 Å². The molecular formula is C105H76FIr4N8O4-7. The minimum atomic E-state index is -0.237. The van der Waals surface area contributed by atoms with Crippen LogP contribution in [-0.2, 0) is 85.2 Å². The molecule has 0 atom stereocenters. The summed E-state index contributed by atoms with van der Waals surface area (Å²) >= 11 is 0. The Balaban J connectivity index is 0.000000160. The Bertz CT molecular complexity index is 6240. The van der Waals surface area contributed by atoms with Crippen molar-refractivity contribution in [1.29, 1.82) is 0 Å². The fourth-order valence-electron chi connectivity index (χ4n) is 12.3. The summed E-state index contributed by atoms with van der Waals surface area (Å²) in [6.45, 7) is 6.66. The normalized spacial score (nSPS) is 10.2. The van der Waals surface area contributed by atoms with Crippen molar-refractivity contribution < 1.29 is 104 Å². The van der Waals surface area contributed by atoms with Crippen LogP contribution >= 0.6 is 0 Å². The van der Waals surface area contributed by atoms with E-state index in [-0.39, 0.29) is 97.8 Å². The van der Waals surface area contributed by atoms with Crippen molar-refractivity contribution >= 4 is 60.4 Å². The van der Waals surface area contributed by atoms with Crippen LogP contribution in [0.15, 0.2) is 398 Å². The second-order valence-corrected chi connectivity index (χ2v) is 26.4. The number of rotatable bonds is 9. The number of carbonyl (C=O) groups excluding carboxylic acids is 1. The van der Waals surface area contributed by atoms with Gasteiger partial charge in [0, 0.05) is 153 Å². The topological polar surface area (TPSA) is 167 Å². The number of furan rings is 2. The zero-order chi connectivity index (χ0) is 81.5. The molecular weight excluding hydrogens is 2230 g/mol. The first-order valence-electron chi connectivity index (χ1n) is 37.8. The number of benzene rings is 10. The van der Waals surface area contributed by atoms with E-state index in [0.29, 0.717) is 5.56 Å². The molecule has 0 saturated carbocycles. The summed E-state index contributed by atoms with van der Waals surface area (Å²) in [5, 5.41) is 15.0. The number of hydrogen-bond acceptors (Lipinski definition) is 12. The Labute approximate surface area is 763 Å². The van der Waals surface area contributed by atoms with Gasteiger partial charge in [-0.3, -0.25) is 14.2 Å². The van der Waals surface area contributed by atoms with Crippen LogP contribution in [-0.4, -0.2) is 50.8 Å². The maximum Gasteiger partial charge on any atom is 0.155 e. The van der Waals surface area contributed by atoms with Crippen LogP contribution in [0.5, 0.6) is 0 Å². The number of para-hydroxylation sites is 2. The van der Waals surface area contributed by atoms with Crippen molar-refractivity contribution in [2.45, 2.75) is 27.7 Å². The molecule has 0 aliphatic rings. The van der Waals surface area contributed by atoms with Crippen LogP contribution in [0.3, 0.4) is 0 Å². The molecule has 0 fully saturated rings. The van der Waals surface area contributed by atoms with Gasteiger partial charge in [-0.25, -0.2) is 0 Å². The number of hydrogen-bond donors (Lipinski definition) is 1. The minimum absolute atomic E-state index is 0. The zero-order valence-corrected chi connectivity index (χ0v) is 75.9. The fraction of sp³-hybridized carbons (Fsp3) is 0.0381. The molecule has 1 N–H and O–H groups in total. The Morgan fingerprint density at radius 1 is 0.336 bits per heavy atom. The van der Waals surface area contributed by atoms with Crippen molar-refractivity contribution in [2.75, 3.05) is 0 Å². The average molecular weight is 2300 g/mol. The summed E-state index contributed by atoms with van der Waals surface area (Å²) in [6, 6.07) is 128. The van der Waals surface area contributed by atoms with E-state index in [4.69, 9.17) is 13.9 Å². The molecule has 0 amide bonds. The largest absolute Gasteiger partial charge is 0.512 e. The van der Waals surface area contributed by atoms with E-state index in [0.717, 1.165) is 145 Å². The van der Waals surface area contributed by atoms with E-state index in [1.165, 1.54) is 31.6 Å². The summed E-state index contributed by atoms with van der Waals surface area (Å²) in [5.41, 5.74) is 20.5. The van der Waals surface area contributed by atoms with E-state index >= 15 is 0 Å². The number of ketones is 1. The molecule has 0 bridgehead atoms. The Kier molecular flexibility index (Phi) is 36.8. The molecule has 10 heterocycles. The Morgan fingerprint density at radius 2 is 0.730 bits per heavy atom. The number of pyridine rings is 8. The first-order valence-corrected chi connectivity index (χ1v) is 37.8. The van der Waals surface area contributed by atoms with E-state index in [2.05, 4.69) is 107 Å². The van der Waals surface area contributed by atoms with E-state index < -0.39 is 0 Å². The first-order chi connectivity index (χ1) is 58.0. The van der Waals surface area contributed by atoms with Crippen LogP contribution in [0.1, 0.15) is 25.0 Å². The standard InChI is InChI=1S/C18H12NO.C17H10NO.C16H11FN.C16H11N2.3C11H8N.C5H8O2.4Ir/c1-12-9-10-19-16(11-12)15-7-4-6-14-13-5-2-3-8-17(13)20-18(14)15;1-2-10-16-12(6-1)13-7-5-8-14(17(13)19-16)15-9-3-4-11-18-15;1-11-10-13(6-7-15(11)17)16-14-5-3-2-4-12(14)8-9-18-16;1-2-6-13(7-3-1)16-12-14(9-11-18-16)15-8-4-5-10-17-15;3*1-2-6-10(7-3-1)11-8-4-5-9-12-11;1-4(6)3-5(2)7;;;;/h2-6,8-11H,1H3;1-7,9-11H;2-5,7-10H,1H3;1-6,8-12H;3*1-6,8-9H;3,6H,1-2H3;;;;/q7*-1;;;;;. The number of nitrogens with zero attached hydrogens (tertiary/aromatic N) is 8. The van der Waals surface area contributed by atoms with E-state index in [9.17, 15) is 9.18 Å². The summed E-state index contributed by atoms with van der Waals surface area (Å²) in [7, 11) is 0. The van der Waals surface area contributed by atoms with Gasteiger partial charge >= 0.3 is 0 Å². The van der Waals surface area contributed by atoms with E-state index in [1.807, 2.05) is 303 Å². The molecule has 122 heavy (non-hydrogen) atoms. The van der Waals surface area contributed by atoms with Crippen LogP contribution in [0.25, 0.3) is 145 Å². The second kappa shape index (κ2) is 48.3. The predicted octanol–water partition coefficient (Wildman–Crippen LogP) is 25.6. The number of allylic oxidation sites excluding steroid dienone is 2. The van der Waals surface area contributed by atoms with Crippen molar-refractivity contribution in [3.63, 3.8) is 0 Å². The van der Waals surface area contributed by atoms with Crippen LogP contribution in [0.2, 0.25) is 0 Å². The summed E-state index contributed by atoms with van der Waals surface area (Å²) < 4.78 is 25.3. The fourth-order valence-corrected chi connectivity index (χ4v) is 12.3. The molecule has 10 aromatic heterocycles. The maximum atomic E-state index is 13.3. The maximum absolute atomic E-state index is 13.3. The Hall–Kier alpha value is -13.0. The summed E-state index contributed by atoms with van der Waals surface area (Å²) in [6.07, 6.45) is 15.5. The third-order valence-corrected chi connectivity index (χ3v) is 17.9. The molecule has 20 aromatic rings. The third kappa shape index (κ3) is 26.0. The number of aliphatic hydroxyl groups excluding tert-OH is 1. The predicted molar refractivity (Wildman–Crippen MR) is 471 cm³/mol. The molecule has 610 valence electrons. The van der Waals surface area contributed by atoms with Gasteiger partial charge < -0.3 is 48.8 Å². The SMILES string of the molecule is CC(=O)C=C(C)O.Cc1cc(-c2nccc3ccccc23)[c-]cc1F.Cc1ccnc(-c2[c-]ccc3c2oc2ccccc23)c1.[Ir].[Ir].[Ir].[Ir].[c-]1ccc2c(oc3ccccc32)c1-c1ccccn1.[c-]1ccccc1-c1cc(-c2ccccn2)ccn1.[c-]1ccccc1-c1ccccn1.[c-]1ccccc1-c1ccccn1.[c-]1ccccc1-c1ccccn1. The van der Waals surface area contributed by atoms with Gasteiger partial charge in [-0.1, -0.05) is 167 Å². The van der Waals surface area contributed by atoms with Crippen molar-refractivity contribution in [3.05, 3.63) is 448 Å². The quantitative estimate of drug-likeness (QED) is 0.0827. The number of carbonyl (C=O) groups is 1. The van der Waals surface area contributed by atoms with Gasteiger partial charge in [-0.2, -0.15) is 0 Å². The summed E-state index contributed by atoms with van der Waals surface area (Å²) in [5.74, 6) is -0.300. The average Bonchev–Trinajstić information content (AvgIpc) is 1.61. The van der Waals surface area contributed by atoms with Gasteiger partial charge in [0.25, 0.3) is 0 Å². The second-order valence-electron chi connectivity index (χ2n) is 26.4. The van der Waals surface area contributed by atoms with Crippen molar-refractivity contribution in [2.24, 2.45) is 0 Å². The Morgan fingerprint density at radius 3 is 1.16 bits per heavy atom. The number of halogens is 1. The molecule has 20 rings (SSSR count). The molecule has 12 nitrogen and oxygen atoms in total. The van der Waals surface area contributed by atoms with Crippen LogP contribution < -0.4 is 0 Å². The molecule has 0 aliphatic heterocycles. The molecule has 0 aliphatic carbocycles. The molecule has 0 unspecified atom stereocenters. The minimum Gasteiger partial charge on any atom is -0.512 e. The van der Waals surface area contributed by atoms with Crippen molar-refractivity contribution in [3.8, 4) is 90.1 Å². The van der Waals surface area contributed by atoms with Crippen molar-refractivity contribution in [1.82, 2.24) is 39.9 Å². The summed E-state index contributed by atoms with van der Waals surface area (Å²) in [4.78, 5) is 44.6. The zero-order valence-electron chi connectivity index (χ0n) is 66.3. The van der Waals surface area contributed by atoms with Crippen LogP contribution in [0, 0.1) is 62.1 Å². The van der Waals surface area contributed by atoms with Gasteiger partial charge in [-0.15, -0.1) is 204 Å². The van der Waals surface area contributed by atoms with Gasteiger partial charge in [-0.05, 0) is 144 Å². The number of fused-ring (bicyclic) bond motifs is 7. The molecule has 10 aromatic carbocycles. The van der Waals surface area contributed by atoms with Gasteiger partial charge in [0.15, 0.2) is 5.78 Å². The van der Waals surface area contributed by atoms with Gasteiger partial charge in [0.1, 0.15) is 11.2 Å². The molecule has 17 heteroatoms. The number of aryl methyl sites for hydroxylation is 2. The molecule has 0 spiro atoms. The van der Waals surface area contributed by atoms with Gasteiger partial charge in [0.05, 0.1) is 22.6 Å². The number of aliphatic hydroxyl groups is 1. The first kappa shape index (κ1) is 92.9. The smallest absolute Gasteiger partial charge is 0.155 e. The number of aromatic nitrogens is 8. The molecule has 4 radical (unpaired) electrons. The van der Waals surface area contributed by atoms with Crippen LogP contribution in [0.4, 0.5) is 4.39 Å². The monoisotopic (exact) mass is 2300 g/mol.